The van der Waals surface area contributed by atoms with Gasteiger partial charge >= 0.3 is 0 Å². The molecule has 0 saturated carbocycles. The molecule has 3 nitrogen and oxygen atoms in total. The van der Waals surface area contributed by atoms with E-state index in [9.17, 15) is 0 Å². The van der Waals surface area contributed by atoms with Gasteiger partial charge in [-0.15, -0.1) is 0 Å². The number of nitrogens with zero attached hydrogens (tertiary/aromatic N) is 2. The van der Waals surface area contributed by atoms with Crippen LogP contribution >= 0.6 is 0 Å². The quantitative estimate of drug-likeness (QED) is 0.214. The van der Waals surface area contributed by atoms with Crippen LogP contribution in [0.3, 0.4) is 0 Å². The first-order valence-electron chi connectivity index (χ1n) is 14.0. The van der Waals surface area contributed by atoms with E-state index in [-0.39, 0.29) is 0 Å². The van der Waals surface area contributed by atoms with Crippen LogP contribution in [0.25, 0.3) is 60.2 Å². The minimum absolute atomic E-state index is 0.911. The van der Waals surface area contributed by atoms with Gasteiger partial charge in [0, 0.05) is 44.3 Å². The zero-order valence-corrected chi connectivity index (χ0v) is 22.2. The number of para-hydroxylation sites is 4. The second-order valence-corrected chi connectivity index (χ2v) is 10.6. The average molecular weight is 525 g/mol. The molecule has 7 aromatic carbocycles. The van der Waals surface area contributed by atoms with Gasteiger partial charge in [0.05, 0.1) is 11.0 Å². The lowest BCUT2D eigenvalue weighted by atomic mass is 9.99. The summed E-state index contributed by atoms with van der Waals surface area (Å²) >= 11 is 0. The predicted molar refractivity (Wildman–Crippen MR) is 171 cm³/mol. The maximum absolute atomic E-state index is 6.64. The lowest BCUT2D eigenvalue weighted by Crippen LogP contribution is -2.10. The maximum Gasteiger partial charge on any atom is 0.160 e. The molecule has 0 bridgehead atoms. The van der Waals surface area contributed by atoms with Crippen molar-refractivity contribution in [2.45, 2.75) is 0 Å². The minimum Gasteiger partial charge on any atom is -0.454 e. The molecule has 0 unspecified atom stereocenters. The first-order chi connectivity index (χ1) is 20.3. The van der Waals surface area contributed by atoms with E-state index in [1.54, 1.807) is 0 Å². The number of hydrogen-bond donors (Lipinski definition) is 0. The van der Waals surface area contributed by atoms with Crippen LogP contribution < -0.4 is 4.90 Å². The molecule has 0 radical (unpaired) electrons. The highest BCUT2D eigenvalue weighted by molar-refractivity contribution is 6.31. The minimum atomic E-state index is 0.911. The molecular weight excluding hydrogens is 500 g/mol. The lowest BCUT2D eigenvalue weighted by Gasteiger charge is -2.26. The summed E-state index contributed by atoms with van der Waals surface area (Å²) in [5.74, 6) is 0. The van der Waals surface area contributed by atoms with E-state index < -0.39 is 0 Å². The van der Waals surface area contributed by atoms with E-state index in [1.807, 2.05) is 6.07 Å². The molecule has 9 rings (SSSR count). The Morgan fingerprint density at radius 1 is 0.488 bits per heavy atom. The van der Waals surface area contributed by atoms with Gasteiger partial charge < -0.3 is 13.9 Å². The Balaban J connectivity index is 1.46. The number of benzene rings is 7. The van der Waals surface area contributed by atoms with E-state index in [1.165, 1.54) is 21.5 Å². The first-order valence-corrected chi connectivity index (χ1v) is 14.0. The van der Waals surface area contributed by atoms with Gasteiger partial charge in [0.15, 0.2) is 5.58 Å². The normalized spacial score (nSPS) is 11.9. The van der Waals surface area contributed by atoms with E-state index in [4.69, 9.17) is 4.42 Å². The third-order valence-electron chi connectivity index (χ3n) is 8.27. The van der Waals surface area contributed by atoms with Crippen LogP contribution in [0.5, 0.6) is 0 Å². The summed E-state index contributed by atoms with van der Waals surface area (Å²) in [4.78, 5) is 2.34. The number of fused-ring (bicyclic) bond motifs is 4. The van der Waals surface area contributed by atoms with Gasteiger partial charge in [-0.2, -0.15) is 0 Å². The van der Waals surface area contributed by atoms with E-state index in [0.29, 0.717) is 0 Å². The molecule has 0 saturated heterocycles. The number of hydrogen-bond acceptors (Lipinski definition) is 2. The zero-order valence-electron chi connectivity index (χ0n) is 22.2. The van der Waals surface area contributed by atoms with Gasteiger partial charge in [0.1, 0.15) is 5.58 Å². The lowest BCUT2D eigenvalue weighted by molar-refractivity contribution is 0.671. The Morgan fingerprint density at radius 3 is 1.80 bits per heavy atom. The van der Waals surface area contributed by atoms with Crippen LogP contribution in [-0.2, 0) is 0 Å². The third kappa shape index (κ3) is 3.20. The Bertz CT molecular complexity index is 2310. The molecule has 41 heavy (non-hydrogen) atoms. The Labute approximate surface area is 236 Å². The monoisotopic (exact) mass is 524 g/mol. The van der Waals surface area contributed by atoms with Crippen molar-refractivity contribution < 1.29 is 4.42 Å². The SMILES string of the molecule is c1ccc(N(c2ccccc2)c2cc3ccc4cc5c6ccccc6oc5c5c4c3c(c2)n5-c2ccccc2)cc1. The van der Waals surface area contributed by atoms with Crippen molar-refractivity contribution in [3.05, 3.63) is 146 Å². The van der Waals surface area contributed by atoms with Crippen molar-refractivity contribution in [3.8, 4) is 5.69 Å². The molecule has 192 valence electrons. The molecule has 0 aliphatic carbocycles. The van der Waals surface area contributed by atoms with Crippen LogP contribution in [0.4, 0.5) is 17.1 Å². The Hall–Kier alpha value is -5.54. The zero-order chi connectivity index (χ0) is 26.9. The molecule has 0 N–H and O–H groups in total. The van der Waals surface area contributed by atoms with Crippen LogP contribution in [0, 0.1) is 0 Å². The Morgan fingerprint density at radius 2 is 1.10 bits per heavy atom. The molecule has 0 fully saturated rings. The first kappa shape index (κ1) is 22.3. The van der Waals surface area contributed by atoms with Crippen LogP contribution in [0.2, 0.25) is 0 Å². The summed E-state index contributed by atoms with van der Waals surface area (Å²) < 4.78 is 9.03. The van der Waals surface area contributed by atoms with E-state index in [2.05, 4.69) is 149 Å². The molecule has 0 atom stereocenters. The van der Waals surface area contributed by atoms with Gasteiger partial charge in [-0.1, -0.05) is 84.9 Å². The fourth-order valence-electron chi connectivity index (χ4n) is 6.56. The van der Waals surface area contributed by atoms with Gasteiger partial charge in [0.25, 0.3) is 0 Å². The van der Waals surface area contributed by atoms with Crippen molar-refractivity contribution in [2.24, 2.45) is 0 Å². The highest BCUT2D eigenvalue weighted by Gasteiger charge is 2.24. The summed E-state index contributed by atoms with van der Waals surface area (Å²) in [6, 6.07) is 51.7. The predicted octanol–water partition coefficient (Wildman–Crippen LogP) is 10.7. The van der Waals surface area contributed by atoms with Crippen molar-refractivity contribution in [2.75, 3.05) is 4.90 Å². The smallest absolute Gasteiger partial charge is 0.160 e. The second-order valence-electron chi connectivity index (χ2n) is 10.6. The highest BCUT2D eigenvalue weighted by atomic mass is 16.3. The molecule has 2 heterocycles. The van der Waals surface area contributed by atoms with Crippen molar-refractivity contribution in [1.82, 2.24) is 4.57 Å². The van der Waals surface area contributed by atoms with Crippen molar-refractivity contribution in [3.63, 3.8) is 0 Å². The molecule has 2 aromatic heterocycles. The van der Waals surface area contributed by atoms with Crippen molar-refractivity contribution >= 4 is 71.6 Å². The second kappa shape index (κ2) is 8.48. The van der Waals surface area contributed by atoms with Crippen LogP contribution in [0.1, 0.15) is 0 Å². The van der Waals surface area contributed by atoms with Gasteiger partial charge in [-0.3, -0.25) is 0 Å². The fourth-order valence-corrected chi connectivity index (χ4v) is 6.56. The van der Waals surface area contributed by atoms with Gasteiger partial charge in [-0.25, -0.2) is 0 Å². The molecule has 0 amide bonds. The summed E-state index contributed by atoms with van der Waals surface area (Å²) in [6.45, 7) is 0. The third-order valence-corrected chi connectivity index (χ3v) is 8.27. The molecule has 3 heteroatoms. The topological polar surface area (TPSA) is 21.3 Å². The number of rotatable bonds is 4. The summed E-state index contributed by atoms with van der Waals surface area (Å²) in [5, 5.41) is 7.22. The van der Waals surface area contributed by atoms with Crippen LogP contribution in [0.15, 0.2) is 150 Å². The number of anilines is 3. The van der Waals surface area contributed by atoms with Crippen LogP contribution in [-0.4, -0.2) is 4.57 Å². The summed E-state index contributed by atoms with van der Waals surface area (Å²) in [7, 11) is 0. The largest absolute Gasteiger partial charge is 0.454 e. The Kier molecular flexibility index (Phi) is 4.61. The summed E-state index contributed by atoms with van der Waals surface area (Å²) in [6.07, 6.45) is 0. The van der Waals surface area contributed by atoms with E-state index >= 15 is 0 Å². The fraction of sp³-hybridized carbons (Fsp3) is 0. The molecule has 0 aliphatic heterocycles. The average Bonchev–Trinajstić information content (AvgIpc) is 3.58. The number of aromatic nitrogens is 1. The number of furan rings is 1. The highest BCUT2D eigenvalue weighted by Crippen LogP contribution is 2.47. The van der Waals surface area contributed by atoms with Gasteiger partial charge in [0.2, 0.25) is 0 Å². The molecule has 0 spiro atoms. The van der Waals surface area contributed by atoms with Gasteiger partial charge in [-0.05, 0) is 71.4 Å². The standard InChI is InChI=1S/C38H24N2O/c1-4-12-27(13-5-1)39(28-14-6-2-7-15-28)30-22-25-20-21-26-23-32-31-18-10-11-19-34(31)41-38(32)37-36(26)35(25)33(24-30)40(37)29-16-8-3-9-17-29/h1-24H. The molecule has 9 aromatic rings. The van der Waals surface area contributed by atoms with E-state index in [0.717, 1.165) is 55.7 Å². The molecule has 0 aliphatic rings. The molecular formula is C38H24N2O. The van der Waals surface area contributed by atoms with Crippen molar-refractivity contribution in [1.29, 1.82) is 0 Å². The summed E-state index contributed by atoms with van der Waals surface area (Å²) in [5.41, 5.74) is 8.57. The maximum atomic E-state index is 6.64.